The number of rotatable bonds is 4. The Hall–Kier alpha value is -1.52. The molecule has 20 heavy (non-hydrogen) atoms. The van der Waals surface area contributed by atoms with Gasteiger partial charge in [-0.1, -0.05) is 12.2 Å². The van der Waals surface area contributed by atoms with E-state index in [4.69, 9.17) is 0 Å². The number of nitrogens with zero attached hydrogens (tertiary/aromatic N) is 2. The monoisotopic (exact) mass is 281 g/mol. The van der Waals surface area contributed by atoms with Gasteiger partial charge in [0.15, 0.2) is 0 Å². The van der Waals surface area contributed by atoms with Gasteiger partial charge in [0, 0.05) is 31.6 Å². The molecular formula is C15H27N3O2. The van der Waals surface area contributed by atoms with Crippen LogP contribution in [0, 0.1) is 0 Å². The highest BCUT2D eigenvalue weighted by atomic mass is 16.2. The fourth-order valence-electron chi connectivity index (χ4n) is 2.37. The van der Waals surface area contributed by atoms with Crippen molar-refractivity contribution in [3.05, 3.63) is 12.2 Å². The molecule has 0 aromatic heterocycles. The van der Waals surface area contributed by atoms with Crippen molar-refractivity contribution in [3.63, 3.8) is 0 Å². The lowest BCUT2D eigenvalue weighted by atomic mass is 10.1. The van der Waals surface area contributed by atoms with Gasteiger partial charge < -0.3 is 15.1 Å². The highest BCUT2D eigenvalue weighted by molar-refractivity contribution is 5.82. The summed E-state index contributed by atoms with van der Waals surface area (Å²) in [6.07, 6.45) is 0.383. The molecule has 1 rings (SSSR count). The van der Waals surface area contributed by atoms with Crippen molar-refractivity contribution in [2.24, 2.45) is 0 Å². The quantitative estimate of drug-likeness (QED) is 0.801. The van der Waals surface area contributed by atoms with E-state index in [0.29, 0.717) is 26.1 Å². The first kappa shape index (κ1) is 16.5. The van der Waals surface area contributed by atoms with Crippen LogP contribution in [0.1, 0.15) is 41.0 Å². The summed E-state index contributed by atoms with van der Waals surface area (Å²) in [6.45, 7) is 15.4. The van der Waals surface area contributed by atoms with Gasteiger partial charge in [-0.25, -0.2) is 4.79 Å². The van der Waals surface area contributed by atoms with E-state index < -0.39 is 0 Å². The molecule has 0 radical (unpaired) electrons. The number of amides is 3. The third-order valence-electron chi connectivity index (χ3n) is 3.39. The summed E-state index contributed by atoms with van der Waals surface area (Å²) in [6, 6.07) is -0.225. The second-order valence-electron chi connectivity index (χ2n) is 6.50. The molecule has 0 aromatic carbocycles. The van der Waals surface area contributed by atoms with Crippen LogP contribution in [0.15, 0.2) is 12.2 Å². The summed E-state index contributed by atoms with van der Waals surface area (Å²) < 4.78 is 0. The maximum atomic E-state index is 12.2. The van der Waals surface area contributed by atoms with Gasteiger partial charge in [0.2, 0.25) is 5.91 Å². The molecule has 0 saturated carbocycles. The van der Waals surface area contributed by atoms with Crippen molar-refractivity contribution in [2.45, 2.75) is 52.6 Å². The number of carbonyl (C=O) groups is 2. The molecular weight excluding hydrogens is 254 g/mol. The van der Waals surface area contributed by atoms with Crippen LogP contribution in [0.3, 0.4) is 0 Å². The second kappa shape index (κ2) is 6.29. The Morgan fingerprint density at radius 2 is 2.10 bits per heavy atom. The molecule has 0 bridgehead atoms. The molecule has 5 heteroatoms. The van der Waals surface area contributed by atoms with E-state index in [0.717, 1.165) is 5.57 Å². The zero-order chi connectivity index (χ0) is 15.5. The molecule has 0 spiro atoms. The van der Waals surface area contributed by atoms with Crippen molar-refractivity contribution >= 4 is 11.9 Å². The Kier molecular flexibility index (Phi) is 5.20. The summed E-state index contributed by atoms with van der Waals surface area (Å²) in [7, 11) is 0. The fraction of sp³-hybridized carbons (Fsp3) is 0.733. The van der Waals surface area contributed by atoms with E-state index in [9.17, 15) is 9.59 Å². The number of hydrogen-bond acceptors (Lipinski definition) is 2. The van der Waals surface area contributed by atoms with E-state index in [2.05, 4.69) is 11.9 Å². The maximum absolute atomic E-state index is 12.2. The third kappa shape index (κ3) is 4.25. The van der Waals surface area contributed by atoms with Crippen LogP contribution in [0.25, 0.3) is 0 Å². The number of urea groups is 1. The van der Waals surface area contributed by atoms with E-state index >= 15 is 0 Å². The van der Waals surface area contributed by atoms with Crippen LogP contribution in [-0.4, -0.2) is 53.0 Å². The van der Waals surface area contributed by atoms with Crippen molar-refractivity contribution in [1.29, 1.82) is 0 Å². The standard InChI is InChI=1S/C15H27N3O2/c1-7-17(9-11(2)3)14(20)16-12-8-13(19)18(10-12)15(4,5)6/h12H,2,7-10H2,1,3-6H3,(H,16,20)/t12-/m1/s1. The van der Waals surface area contributed by atoms with Crippen LogP contribution in [-0.2, 0) is 4.79 Å². The first-order valence-electron chi connectivity index (χ1n) is 7.15. The lowest BCUT2D eigenvalue weighted by Gasteiger charge is -2.32. The van der Waals surface area contributed by atoms with Crippen molar-refractivity contribution in [1.82, 2.24) is 15.1 Å². The highest BCUT2D eigenvalue weighted by Crippen LogP contribution is 2.21. The van der Waals surface area contributed by atoms with Gasteiger partial charge in [0.25, 0.3) is 0 Å². The van der Waals surface area contributed by atoms with Gasteiger partial charge in [-0.3, -0.25) is 4.79 Å². The van der Waals surface area contributed by atoms with Gasteiger partial charge >= 0.3 is 6.03 Å². The molecule has 114 valence electrons. The Labute approximate surface area is 122 Å². The molecule has 3 amide bonds. The zero-order valence-electron chi connectivity index (χ0n) is 13.3. The molecule has 1 aliphatic rings. The Bertz CT molecular complexity index is 398. The molecule has 1 heterocycles. The Balaban J connectivity index is 2.60. The summed E-state index contributed by atoms with van der Waals surface area (Å²) in [5.74, 6) is 0.103. The minimum absolute atomic E-state index is 0.103. The Morgan fingerprint density at radius 3 is 2.50 bits per heavy atom. The van der Waals surface area contributed by atoms with Gasteiger partial charge in [-0.2, -0.15) is 0 Å². The lowest BCUT2D eigenvalue weighted by Crippen LogP contribution is -2.48. The number of carbonyl (C=O) groups excluding carboxylic acids is 2. The van der Waals surface area contributed by atoms with Gasteiger partial charge in [0.05, 0.1) is 6.04 Å². The van der Waals surface area contributed by atoms with Crippen LogP contribution >= 0.6 is 0 Å². The van der Waals surface area contributed by atoms with E-state index in [1.54, 1.807) is 4.90 Å². The van der Waals surface area contributed by atoms with Gasteiger partial charge in [0.1, 0.15) is 0 Å². The average molecular weight is 281 g/mol. The molecule has 5 nitrogen and oxygen atoms in total. The third-order valence-corrected chi connectivity index (χ3v) is 3.39. The first-order chi connectivity index (χ1) is 9.15. The van der Waals surface area contributed by atoms with Crippen molar-refractivity contribution < 1.29 is 9.59 Å². The largest absolute Gasteiger partial charge is 0.336 e. The summed E-state index contributed by atoms with van der Waals surface area (Å²) in [4.78, 5) is 27.7. The average Bonchev–Trinajstić information content (AvgIpc) is 2.66. The number of likely N-dealkylation sites (tertiary alicyclic amines) is 1. The maximum Gasteiger partial charge on any atom is 0.317 e. The number of hydrogen-bond donors (Lipinski definition) is 1. The van der Waals surface area contributed by atoms with E-state index in [-0.39, 0.29) is 23.5 Å². The predicted octanol–water partition coefficient (Wildman–Crippen LogP) is 1.99. The number of nitrogens with one attached hydrogen (secondary N) is 1. The van der Waals surface area contributed by atoms with Crippen LogP contribution in [0.5, 0.6) is 0 Å². The topological polar surface area (TPSA) is 52.7 Å². The van der Waals surface area contributed by atoms with Crippen LogP contribution < -0.4 is 5.32 Å². The summed E-state index contributed by atoms with van der Waals surface area (Å²) >= 11 is 0. The predicted molar refractivity (Wildman–Crippen MR) is 80.5 cm³/mol. The van der Waals surface area contributed by atoms with Crippen molar-refractivity contribution in [3.8, 4) is 0 Å². The van der Waals surface area contributed by atoms with Gasteiger partial charge in [-0.05, 0) is 34.6 Å². The normalized spacial score (nSPS) is 19.1. The highest BCUT2D eigenvalue weighted by Gasteiger charge is 2.37. The zero-order valence-corrected chi connectivity index (χ0v) is 13.3. The molecule has 1 N–H and O–H groups in total. The van der Waals surface area contributed by atoms with E-state index in [1.807, 2.05) is 39.5 Å². The molecule has 1 fully saturated rings. The lowest BCUT2D eigenvalue weighted by molar-refractivity contribution is -0.131. The number of likely N-dealkylation sites (N-methyl/N-ethyl adjacent to an activating group) is 1. The Morgan fingerprint density at radius 1 is 1.50 bits per heavy atom. The minimum atomic E-state index is -0.196. The van der Waals surface area contributed by atoms with Crippen LogP contribution in [0.2, 0.25) is 0 Å². The summed E-state index contributed by atoms with van der Waals surface area (Å²) in [5.41, 5.74) is 0.749. The molecule has 1 saturated heterocycles. The molecule has 1 aliphatic heterocycles. The fourth-order valence-corrected chi connectivity index (χ4v) is 2.37. The molecule has 0 unspecified atom stereocenters. The van der Waals surface area contributed by atoms with Crippen molar-refractivity contribution in [2.75, 3.05) is 19.6 Å². The molecule has 1 atom stereocenters. The van der Waals surface area contributed by atoms with Crippen LogP contribution in [0.4, 0.5) is 4.79 Å². The molecule has 0 aromatic rings. The first-order valence-corrected chi connectivity index (χ1v) is 7.15. The molecule has 0 aliphatic carbocycles. The smallest absolute Gasteiger partial charge is 0.317 e. The minimum Gasteiger partial charge on any atom is -0.336 e. The van der Waals surface area contributed by atoms with E-state index in [1.165, 1.54) is 0 Å². The second-order valence-corrected chi connectivity index (χ2v) is 6.50. The SMILES string of the molecule is C=C(C)CN(CC)C(=O)N[C@@H]1CC(=O)N(C(C)(C)C)C1. The summed E-state index contributed by atoms with van der Waals surface area (Å²) in [5, 5.41) is 2.95. The van der Waals surface area contributed by atoms with Gasteiger partial charge in [-0.15, -0.1) is 0 Å².